The highest BCUT2D eigenvalue weighted by Crippen LogP contribution is 2.31. The highest BCUT2D eigenvalue weighted by Gasteiger charge is 2.31. The first-order valence-corrected chi connectivity index (χ1v) is 16.2. The molecule has 0 saturated carbocycles. The highest BCUT2D eigenvalue weighted by atomic mass is 32.1. The lowest BCUT2D eigenvalue weighted by Crippen LogP contribution is -2.42. The van der Waals surface area contributed by atoms with E-state index in [1.54, 1.807) is 18.9 Å². The van der Waals surface area contributed by atoms with E-state index in [1.165, 1.54) is 11.3 Å². The number of aromatic nitrogens is 1. The number of carboxylic acids is 1. The fraction of sp³-hybridized carbons (Fsp3) is 0.576. The fourth-order valence-corrected chi connectivity index (χ4v) is 5.84. The number of carbonyl (C=O) groups excluding carboxylic acids is 2. The van der Waals surface area contributed by atoms with Crippen LogP contribution in [0.2, 0.25) is 0 Å². The third-order valence-corrected chi connectivity index (χ3v) is 8.76. The van der Waals surface area contributed by atoms with Crippen molar-refractivity contribution < 1.29 is 24.2 Å². The number of nitrogen functional groups attached to an aromatic ring is 1. The molecule has 0 bridgehead atoms. The van der Waals surface area contributed by atoms with E-state index in [-0.39, 0.29) is 36.2 Å². The van der Waals surface area contributed by atoms with Crippen molar-refractivity contribution in [1.29, 1.82) is 0 Å². The Morgan fingerprint density at radius 2 is 1.84 bits per heavy atom. The summed E-state index contributed by atoms with van der Waals surface area (Å²) in [6.07, 6.45) is 6.82. The minimum Gasteiger partial charge on any atom is -0.481 e. The van der Waals surface area contributed by atoms with E-state index in [0.29, 0.717) is 43.0 Å². The summed E-state index contributed by atoms with van der Waals surface area (Å²) < 4.78 is 5.85. The number of benzene rings is 1. The van der Waals surface area contributed by atoms with Crippen LogP contribution in [-0.4, -0.2) is 58.6 Å². The molecule has 0 radical (unpaired) electrons. The predicted molar refractivity (Wildman–Crippen MR) is 175 cm³/mol. The van der Waals surface area contributed by atoms with Gasteiger partial charge in [0.2, 0.25) is 5.91 Å². The number of thiazole rings is 1. The molecule has 11 heteroatoms. The van der Waals surface area contributed by atoms with Gasteiger partial charge in [-0.25, -0.2) is 9.78 Å². The van der Waals surface area contributed by atoms with E-state index in [1.807, 2.05) is 57.3 Å². The third kappa shape index (κ3) is 11.8. The van der Waals surface area contributed by atoms with Crippen LogP contribution in [0, 0.1) is 30.1 Å². The normalized spacial score (nSPS) is 14.6. The molecule has 0 aliphatic heterocycles. The van der Waals surface area contributed by atoms with Gasteiger partial charge in [0.25, 0.3) is 0 Å². The summed E-state index contributed by atoms with van der Waals surface area (Å²) in [7, 11) is 1.77. The van der Waals surface area contributed by atoms with Crippen LogP contribution in [0.3, 0.4) is 0 Å². The summed E-state index contributed by atoms with van der Waals surface area (Å²) in [6.45, 7) is 10.4. The molecule has 5 atom stereocenters. The standard InChI is InChI=1S/C33H49N5O5S/c1-8-23(9-2)17-30(39)38(7)28(21(4)5)18-29(43-33(42)35-10-3)31-37-27(20-44-31)19-36-26(15-22(6)32(40)41)16-24-11-13-25(34)14-12-24/h1,11-14,20-23,26,28-29,36H,9-10,15-19,34H2,2-7H3,(H,35,42)(H,40,41)/t22-,23-,26+,28+,29?/m0/s1. The van der Waals surface area contributed by atoms with Crippen LogP contribution in [0.5, 0.6) is 0 Å². The molecule has 2 aromatic rings. The molecule has 2 rings (SSSR count). The average molecular weight is 628 g/mol. The molecule has 1 heterocycles. The Labute approximate surface area is 266 Å². The average Bonchev–Trinajstić information content (AvgIpc) is 3.46. The topological polar surface area (TPSA) is 147 Å². The van der Waals surface area contributed by atoms with Gasteiger partial charge in [-0.2, -0.15) is 0 Å². The number of nitrogens with zero attached hydrogens (tertiary/aromatic N) is 2. The summed E-state index contributed by atoms with van der Waals surface area (Å²) >= 11 is 1.39. The third-order valence-electron chi connectivity index (χ3n) is 7.77. The van der Waals surface area contributed by atoms with Crippen molar-refractivity contribution in [2.75, 3.05) is 19.3 Å². The first kappa shape index (κ1) is 36.6. The largest absolute Gasteiger partial charge is 0.481 e. The number of amides is 2. The molecular weight excluding hydrogens is 578 g/mol. The second-order valence-electron chi connectivity index (χ2n) is 11.6. The van der Waals surface area contributed by atoms with Crippen LogP contribution in [0.25, 0.3) is 0 Å². The monoisotopic (exact) mass is 627 g/mol. The molecule has 1 aromatic carbocycles. The van der Waals surface area contributed by atoms with Gasteiger partial charge in [-0.15, -0.1) is 23.7 Å². The van der Waals surface area contributed by atoms with Crippen LogP contribution in [0.15, 0.2) is 29.6 Å². The minimum atomic E-state index is -0.844. The van der Waals surface area contributed by atoms with E-state index in [9.17, 15) is 19.5 Å². The molecule has 44 heavy (non-hydrogen) atoms. The quantitative estimate of drug-likeness (QED) is 0.130. The van der Waals surface area contributed by atoms with Crippen molar-refractivity contribution in [3.05, 3.63) is 45.9 Å². The number of nitrogens with two attached hydrogens (primary N) is 1. The summed E-state index contributed by atoms with van der Waals surface area (Å²) in [6, 6.07) is 7.23. The molecule has 0 aliphatic carbocycles. The Morgan fingerprint density at radius 1 is 1.16 bits per heavy atom. The number of terminal acetylenes is 1. The van der Waals surface area contributed by atoms with Crippen LogP contribution in [0.1, 0.15) is 82.7 Å². The molecule has 1 unspecified atom stereocenters. The van der Waals surface area contributed by atoms with Crippen molar-refractivity contribution in [3.63, 3.8) is 0 Å². The van der Waals surface area contributed by atoms with Gasteiger partial charge in [0.1, 0.15) is 5.01 Å². The molecule has 2 amide bonds. The maximum absolute atomic E-state index is 13.1. The van der Waals surface area contributed by atoms with Gasteiger partial charge in [0.15, 0.2) is 6.10 Å². The van der Waals surface area contributed by atoms with Gasteiger partial charge < -0.3 is 31.1 Å². The van der Waals surface area contributed by atoms with Crippen molar-refractivity contribution in [2.45, 2.75) is 91.5 Å². The highest BCUT2D eigenvalue weighted by molar-refractivity contribution is 7.09. The van der Waals surface area contributed by atoms with Crippen LogP contribution >= 0.6 is 11.3 Å². The summed E-state index contributed by atoms with van der Waals surface area (Å²) in [5.74, 6) is 1.24. The Balaban J connectivity index is 2.24. The lowest BCUT2D eigenvalue weighted by atomic mass is 9.95. The van der Waals surface area contributed by atoms with E-state index in [0.717, 1.165) is 17.7 Å². The second-order valence-corrected chi connectivity index (χ2v) is 12.5. The first-order valence-electron chi connectivity index (χ1n) is 15.3. The van der Waals surface area contributed by atoms with E-state index in [4.69, 9.17) is 21.9 Å². The number of alkyl carbamates (subject to hydrolysis) is 1. The molecule has 0 spiro atoms. The zero-order valence-corrected chi connectivity index (χ0v) is 27.7. The molecule has 242 valence electrons. The first-order chi connectivity index (χ1) is 20.9. The minimum absolute atomic E-state index is 0.0444. The zero-order valence-electron chi connectivity index (χ0n) is 26.8. The zero-order chi connectivity index (χ0) is 32.8. The van der Waals surface area contributed by atoms with Crippen LogP contribution in [0.4, 0.5) is 10.5 Å². The molecule has 0 aliphatic rings. The van der Waals surface area contributed by atoms with Gasteiger partial charge in [-0.1, -0.05) is 39.8 Å². The smallest absolute Gasteiger partial charge is 0.407 e. The number of anilines is 1. The summed E-state index contributed by atoms with van der Waals surface area (Å²) in [4.78, 5) is 43.8. The summed E-state index contributed by atoms with van der Waals surface area (Å²) in [5, 5.41) is 18.2. The van der Waals surface area contributed by atoms with Crippen molar-refractivity contribution >= 4 is 35.0 Å². The number of carboxylic acid groups (broad SMARTS) is 1. The van der Waals surface area contributed by atoms with Gasteiger partial charge in [-0.3, -0.25) is 9.59 Å². The number of ether oxygens (including phenoxy) is 1. The number of aliphatic carboxylic acids is 1. The Bertz CT molecular complexity index is 1240. The second kappa shape index (κ2) is 18.2. The van der Waals surface area contributed by atoms with E-state index in [2.05, 4.69) is 16.6 Å². The molecule has 0 fully saturated rings. The lowest BCUT2D eigenvalue weighted by Gasteiger charge is -2.34. The molecule has 10 nitrogen and oxygen atoms in total. The predicted octanol–water partition coefficient (Wildman–Crippen LogP) is 5.25. The molecular formula is C33H49N5O5S. The van der Waals surface area contributed by atoms with Crippen LogP contribution < -0.4 is 16.4 Å². The number of carbonyl (C=O) groups is 3. The number of rotatable bonds is 18. The van der Waals surface area contributed by atoms with Crippen molar-refractivity contribution in [1.82, 2.24) is 20.5 Å². The number of hydrogen-bond donors (Lipinski definition) is 4. The van der Waals surface area contributed by atoms with E-state index >= 15 is 0 Å². The van der Waals surface area contributed by atoms with Crippen molar-refractivity contribution in [3.8, 4) is 12.3 Å². The maximum atomic E-state index is 13.1. The summed E-state index contributed by atoms with van der Waals surface area (Å²) in [5.41, 5.74) is 8.31. The Kier molecular flexibility index (Phi) is 15.2. The SMILES string of the molecule is C#C[C@@H](CC)CC(=O)N(C)[C@H](CC(OC(=O)NCC)c1nc(CN[C@@H](Cc2ccc(N)cc2)C[C@H](C)C(=O)O)cs1)C(C)C. The van der Waals surface area contributed by atoms with Crippen molar-refractivity contribution in [2.24, 2.45) is 17.8 Å². The molecule has 5 N–H and O–H groups in total. The fourth-order valence-electron chi connectivity index (χ4n) is 4.98. The van der Waals surface area contributed by atoms with Gasteiger partial charge in [0, 0.05) is 62.0 Å². The Hall–Kier alpha value is -3.62. The lowest BCUT2D eigenvalue weighted by molar-refractivity contribution is -0.141. The van der Waals surface area contributed by atoms with Gasteiger partial charge in [0.05, 0.1) is 11.6 Å². The maximum Gasteiger partial charge on any atom is 0.407 e. The number of nitrogens with one attached hydrogen (secondary N) is 2. The molecule has 0 saturated heterocycles. The van der Waals surface area contributed by atoms with Gasteiger partial charge >= 0.3 is 12.1 Å². The number of hydrogen-bond acceptors (Lipinski definition) is 8. The van der Waals surface area contributed by atoms with Crippen LogP contribution in [-0.2, 0) is 27.3 Å². The molecule has 1 aromatic heterocycles. The van der Waals surface area contributed by atoms with E-state index < -0.39 is 24.1 Å². The van der Waals surface area contributed by atoms with Gasteiger partial charge in [-0.05, 0) is 49.8 Å². The Morgan fingerprint density at radius 3 is 2.41 bits per heavy atom.